The minimum absolute atomic E-state index is 0.0320. The highest BCUT2D eigenvalue weighted by molar-refractivity contribution is 9.10. The quantitative estimate of drug-likeness (QED) is 0.0661. The van der Waals surface area contributed by atoms with Crippen molar-refractivity contribution in [3.63, 3.8) is 0 Å². The Kier molecular flexibility index (Phi) is 13.6. The summed E-state index contributed by atoms with van der Waals surface area (Å²) in [7, 11) is 3.23. The number of nitrogens with one attached hydrogen (secondary N) is 5. The summed E-state index contributed by atoms with van der Waals surface area (Å²) >= 11 is 3.49. The molecule has 0 spiro atoms. The molecule has 2 aromatic heterocycles. The summed E-state index contributed by atoms with van der Waals surface area (Å²) in [6, 6.07) is 16.8. The molecule has 1 fully saturated rings. The van der Waals surface area contributed by atoms with Crippen molar-refractivity contribution in [3.8, 4) is 5.75 Å². The molecule has 1 unspecified atom stereocenters. The van der Waals surface area contributed by atoms with Crippen LogP contribution in [0.3, 0.4) is 0 Å². The molecule has 3 aromatic carbocycles. The Bertz CT molecular complexity index is 2690. The normalized spacial score (nSPS) is 16.8. The molecule has 5 heterocycles. The van der Waals surface area contributed by atoms with Crippen molar-refractivity contribution in [2.24, 2.45) is 0 Å². The number of piperidine rings is 1. The maximum absolute atomic E-state index is 13.4. The maximum Gasteiger partial charge on any atom is 0.255 e. The van der Waals surface area contributed by atoms with Crippen LogP contribution < -0.4 is 41.1 Å². The van der Waals surface area contributed by atoms with E-state index in [1.54, 1.807) is 65.4 Å². The van der Waals surface area contributed by atoms with E-state index in [2.05, 4.69) is 57.8 Å². The first-order chi connectivity index (χ1) is 31.9. The van der Waals surface area contributed by atoms with Crippen LogP contribution in [0.15, 0.2) is 77.5 Å². The van der Waals surface area contributed by atoms with Crippen molar-refractivity contribution in [2.75, 3.05) is 47.7 Å². The van der Waals surface area contributed by atoms with Crippen LogP contribution >= 0.6 is 15.9 Å². The third kappa shape index (κ3) is 9.86. The molecule has 0 aliphatic carbocycles. The van der Waals surface area contributed by atoms with Gasteiger partial charge in [0.15, 0.2) is 5.82 Å². The van der Waals surface area contributed by atoms with Crippen LogP contribution in [0.4, 0.5) is 28.8 Å². The van der Waals surface area contributed by atoms with Gasteiger partial charge in [0.05, 0.1) is 38.3 Å². The van der Waals surface area contributed by atoms with Gasteiger partial charge in [0.1, 0.15) is 29.2 Å². The summed E-state index contributed by atoms with van der Waals surface area (Å²) < 4.78 is 8.25. The number of likely N-dealkylation sites (N-methyl/N-ethyl adjacent to an activating group) is 1. The van der Waals surface area contributed by atoms with Crippen LogP contribution in [0.5, 0.6) is 5.75 Å². The topological polar surface area (TPSA) is 238 Å². The van der Waals surface area contributed by atoms with Gasteiger partial charge in [-0.3, -0.25) is 38.8 Å². The first-order valence-electron chi connectivity index (χ1n) is 21.5. The van der Waals surface area contributed by atoms with E-state index in [0.717, 1.165) is 10.0 Å². The summed E-state index contributed by atoms with van der Waals surface area (Å²) in [5.74, 6) is -0.482. The third-order valence-electron chi connectivity index (χ3n) is 11.7. The fraction of sp³-hybridized carbons (Fsp3) is 0.333. The SMILES string of the molecule is CC[C@@H]1C(=O)N(C)c2cnc(Nc3ccc(C(=O)NCc4cn(CCNCCC(=O)Nc5cccc6c5CN(C5CCC(=O)NC5=O)C6=O)nn4)cc3OC)nc2N1Cc1ccc(Br)cc1. The zero-order chi connectivity index (χ0) is 46.5. The van der Waals surface area contributed by atoms with Crippen LogP contribution in [0.1, 0.15) is 70.1 Å². The molecule has 0 saturated carbocycles. The second-order valence-corrected chi connectivity index (χ2v) is 16.9. The number of ether oxygens (including phenoxy) is 1. The van der Waals surface area contributed by atoms with Crippen molar-refractivity contribution in [1.82, 2.24) is 45.8 Å². The molecule has 0 radical (unpaired) electrons. The van der Waals surface area contributed by atoms with Gasteiger partial charge in [-0.1, -0.05) is 46.3 Å². The standard InChI is InChI=1S/C45H48BrN13O7/c1-4-34-44(65)56(2)36-22-49-45(53-40(36)58(34)23-26-8-11-28(46)12-9-26)51-33-13-10-27(20-37(33)66-3)41(62)48-21-29-24-57(55-54-29)19-18-47-17-16-39(61)50-32-7-5-6-30-31(32)25-59(43(30)64)35-14-15-38(60)52-42(35)63/h5-13,20,22,24,34-35,47H,4,14-19,21,23,25H2,1-3H3,(H,48,62)(H,50,61)(H,49,51,53)(H,52,60,63)/t34-,35?/m1/s1. The molecule has 66 heavy (non-hydrogen) atoms. The van der Waals surface area contributed by atoms with Crippen molar-refractivity contribution in [2.45, 2.75) is 70.9 Å². The number of fused-ring (bicyclic) bond motifs is 2. The number of rotatable bonds is 17. The monoisotopic (exact) mass is 961 g/mol. The van der Waals surface area contributed by atoms with Crippen LogP contribution in [0.25, 0.3) is 0 Å². The predicted octanol–water partition coefficient (Wildman–Crippen LogP) is 3.65. The number of carbonyl (C=O) groups is 6. The Morgan fingerprint density at radius 3 is 2.61 bits per heavy atom. The number of carbonyl (C=O) groups excluding carboxylic acids is 6. The summed E-state index contributed by atoms with van der Waals surface area (Å²) in [5, 5.41) is 22.8. The average molecular weight is 963 g/mol. The second-order valence-electron chi connectivity index (χ2n) is 16.0. The number of halogens is 1. The zero-order valence-corrected chi connectivity index (χ0v) is 38.1. The summed E-state index contributed by atoms with van der Waals surface area (Å²) in [6.45, 7) is 4.07. The van der Waals surface area contributed by atoms with Gasteiger partial charge < -0.3 is 40.7 Å². The fourth-order valence-electron chi connectivity index (χ4n) is 8.16. The van der Waals surface area contributed by atoms with Crippen molar-refractivity contribution in [1.29, 1.82) is 0 Å². The second kappa shape index (κ2) is 19.9. The molecule has 0 bridgehead atoms. The summed E-state index contributed by atoms with van der Waals surface area (Å²) in [5.41, 5.74) is 4.63. The van der Waals surface area contributed by atoms with Gasteiger partial charge >= 0.3 is 0 Å². The number of benzene rings is 3. The molecule has 21 heteroatoms. The Morgan fingerprint density at radius 2 is 1.83 bits per heavy atom. The molecular formula is C45H48BrN13O7. The molecule has 3 aliphatic rings. The van der Waals surface area contributed by atoms with Gasteiger partial charge in [-0.05, 0) is 60.9 Å². The average Bonchev–Trinajstić information content (AvgIpc) is 3.91. The molecule has 5 N–H and O–H groups in total. The predicted molar refractivity (Wildman–Crippen MR) is 246 cm³/mol. The van der Waals surface area contributed by atoms with E-state index in [9.17, 15) is 28.8 Å². The highest BCUT2D eigenvalue weighted by atomic mass is 79.9. The lowest BCUT2D eigenvalue weighted by molar-refractivity contribution is -0.137. The molecular weight excluding hydrogens is 914 g/mol. The zero-order valence-electron chi connectivity index (χ0n) is 36.5. The summed E-state index contributed by atoms with van der Waals surface area (Å²) in [6.07, 6.45) is 4.52. The number of hydrogen-bond donors (Lipinski definition) is 5. The van der Waals surface area contributed by atoms with E-state index in [1.807, 2.05) is 36.1 Å². The Balaban J connectivity index is 0.799. The number of hydrogen-bond acceptors (Lipinski definition) is 14. The minimum Gasteiger partial charge on any atom is -0.495 e. The molecule has 3 aliphatic heterocycles. The molecule has 5 aromatic rings. The Hall–Kier alpha value is -7.26. The van der Waals surface area contributed by atoms with Gasteiger partial charge in [0.2, 0.25) is 29.6 Å². The highest BCUT2D eigenvalue weighted by Gasteiger charge is 2.40. The van der Waals surface area contributed by atoms with Gasteiger partial charge in [0.25, 0.3) is 11.8 Å². The first kappa shape index (κ1) is 45.3. The van der Waals surface area contributed by atoms with Crippen LogP contribution in [-0.4, -0.2) is 105 Å². The molecule has 1 saturated heterocycles. The third-order valence-corrected chi connectivity index (χ3v) is 12.2. The Labute approximate surface area is 388 Å². The van der Waals surface area contributed by atoms with Crippen molar-refractivity contribution >= 4 is 80.2 Å². The van der Waals surface area contributed by atoms with E-state index in [1.165, 1.54) is 12.0 Å². The van der Waals surface area contributed by atoms with Crippen LogP contribution in [0, 0.1) is 0 Å². The number of imide groups is 1. The largest absolute Gasteiger partial charge is 0.495 e. The molecule has 342 valence electrons. The molecule has 8 rings (SSSR count). The lowest BCUT2D eigenvalue weighted by atomic mass is 10.0. The van der Waals surface area contributed by atoms with Crippen molar-refractivity contribution in [3.05, 3.63) is 105 Å². The van der Waals surface area contributed by atoms with E-state index in [4.69, 9.17) is 9.72 Å². The number of amides is 6. The molecule has 20 nitrogen and oxygen atoms in total. The van der Waals surface area contributed by atoms with E-state index in [0.29, 0.717) is 89.6 Å². The number of anilines is 5. The lowest BCUT2D eigenvalue weighted by Crippen LogP contribution is -2.52. The highest BCUT2D eigenvalue weighted by Crippen LogP contribution is 2.38. The number of nitrogens with zero attached hydrogens (tertiary/aromatic N) is 8. The summed E-state index contributed by atoms with van der Waals surface area (Å²) in [4.78, 5) is 91.0. The van der Waals surface area contributed by atoms with E-state index in [-0.39, 0.29) is 61.9 Å². The van der Waals surface area contributed by atoms with Gasteiger partial charge in [-0.15, -0.1) is 5.10 Å². The van der Waals surface area contributed by atoms with Gasteiger partial charge in [-0.25, -0.2) is 4.98 Å². The van der Waals surface area contributed by atoms with Gasteiger partial charge in [-0.2, -0.15) is 4.98 Å². The van der Waals surface area contributed by atoms with Crippen LogP contribution in [0.2, 0.25) is 0 Å². The number of aromatic nitrogens is 5. The molecule has 2 atom stereocenters. The Morgan fingerprint density at radius 1 is 1.02 bits per heavy atom. The number of methoxy groups -OCH3 is 1. The van der Waals surface area contributed by atoms with Gasteiger partial charge in [0, 0.05) is 72.9 Å². The smallest absolute Gasteiger partial charge is 0.255 e. The maximum atomic E-state index is 13.4. The lowest BCUT2D eigenvalue weighted by Gasteiger charge is -2.40. The van der Waals surface area contributed by atoms with E-state index < -0.39 is 18.0 Å². The molecule has 6 amide bonds. The van der Waals surface area contributed by atoms with Crippen LogP contribution in [-0.2, 0) is 45.4 Å². The minimum atomic E-state index is -0.743. The first-order valence-corrected chi connectivity index (χ1v) is 22.2. The fourth-order valence-corrected chi connectivity index (χ4v) is 8.42. The van der Waals surface area contributed by atoms with E-state index >= 15 is 0 Å². The van der Waals surface area contributed by atoms with Crippen molar-refractivity contribution < 1.29 is 33.5 Å².